The summed E-state index contributed by atoms with van der Waals surface area (Å²) >= 11 is 0. The summed E-state index contributed by atoms with van der Waals surface area (Å²) in [5.74, 6) is 0.582. The van der Waals surface area contributed by atoms with Crippen LogP contribution in [0, 0.1) is 0 Å². The van der Waals surface area contributed by atoms with Gasteiger partial charge in [0.2, 0.25) is 11.8 Å². The van der Waals surface area contributed by atoms with Crippen LogP contribution >= 0.6 is 0 Å². The largest absolute Gasteiger partial charge is 0.522 e. The summed E-state index contributed by atoms with van der Waals surface area (Å²) in [6.45, 7) is 4.42. The van der Waals surface area contributed by atoms with Gasteiger partial charge >= 0.3 is 6.16 Å². The number of unbranched alkanes of at least 4 members (excludes halogenated alkanes) is 6. The lowest BCUT2D eigenvalue weighted by Crippen LogP contribution is -2.17. The van der Waals surface area contributed by atoms with Gasteiger partial charge in [0.25, 0.3) is 0 Å². The van der Waals surface area contributed by atoms with Crippen LogP contribution in [0.2, 0.25) is 0 Å². The fourth-order valence-corrected chi connectivity index (χ4v) is 3.56. The van der Waals surface area contributed by atoms with E-state index in [0.717, 1.165) is 49.7 Å². The predicted molar refractivity (Wildman–Crippen MR) is 138 cm³/mol. The molecule has 0 saturated carbocycles. The summed E-state index contributed by atoms with van der Waals surface area (Å²) in [4.78, 5) is 21.0. The molecular formula is C29H40N2O3. The Labute approximate surface area is 205 Å². The Morgan fingerprint density at radius 3 is 1.59 bits per heavy atom. The maximum atomic E-state index is 12.5. The van der Waals surface area contributed by atoms with Crippen LogP contribution < -0.4 is 9.47 Å². The molecule has 0 spiro atoms. The fraction of sp³-hybridized carbons (Fsp3) is 0.483. The van der Waals surface area contributed by atoms with E-state index in [9.17, 15) is 4.79 Å². The first-order chi connectivity index (χ1) is 16.7. The number of allylic oxidation sites excluding steroid dienone is 4. The number of rotatable bonds is 16. The topological polar surface area (TPSA) is 61.3 Å². The first-order valence-electron chi connectivity index (χ1n) is 12.8. The van der Waals surface area contributed by atoms with Gasteiger partial charge in [-0.05, 0) is 63.5 Å². The number of carbonyl (C=O) groups excluding carboxylic acids is 1. The summed E-state index contributed by atoms with van der Waals surface area (Å²) in [6.07, 6.45) is 24.2. The Morgan fingerprint density at radius 1 is 0.706 bits per heavy atom. The van der Waals surface area contributed by atoms with Crippen molar-refractivity contribution in [1.29, 1.82) is 0 Å². The monoisotopic (exact) mass is 464 g/mol. The van der Waals surface area contributed by atoms with Crippen molar-refractivity contribution in [3.05, 3.63) is 72.1 Å². The molecule has 0 fully saturated rings. The number of aromatic nitrogens is 2. The van der Waals surface area contributed by atoms with E-state index in [1.54, 1.807) is 12.4 Å². The Hall–Kier alpha value is -2.95. The maximum absolute atomic E-state index is 12.5. The van der Waals surface area contributed by atoms with E-state index in [-0.39, 0.29) is 0 Å². The van der Waals surface area contributed by atoms with Crippen molar-refractivity contribution < 1.29 is 14.3 Å². The van der Waals surface area contributed by atoms with E-state index in [0.29, 0.717) is 11.8 Å². The van der Waals surface area contributed by atoms with Gasteiger partial charge in [0.15, 0.2) is 0 Å². The molecule has 184 valence electrons. The minimum atomic E-state index is -0.815. The fourth-order valence-electron chi connectivity index (χ4n) is 3.56. The van der Waals surface area contributed by atoms with Gasteiger partial charge in [-0.25, -0.2) is 14.8 Å². The zero-order valence-corrected chi connectivity index (χ0v) is 20.9. The molecule has 0 N–H and O–H groups in total. The molecule has 2 aromatic heterocycles. The van der Waals surface area contributed by atoms with Crippen LogP contribution in [0.4, 0.5) is 4.79 Å². The van der Waals surface area contributed by atoms with Gasteiger partial charge in [0, 0.05) is 23.5 Å². The molecule has 34 heavy (non-hydrogen) atoms. The van der Waals surface area contributed by atoms with Crippen molar-refractivity contribution in [3.63, 3.8) is 0 Å². The zero-order valence-electron chi connectivity index (χ0n) is 20.9. The molecule has 2 rings (SSSR count). The summed E-state index contributed by atoms with van der Waals surface area (Å²) in [5.41, 5.74) is 1.76. The van der Waals surface area contributed by atoms with Crippen molar-refractivity contribution in [2.75, 3.05) is 0 Å². The molecule has 2 heterocycles. The van der Waals surface area contributed by atoms with E-state index in [1.807, 2.05) is 24.3 Å². The Morgan fingerprint density at radius 2 is 1.15 bits per heavy atom. The van der Waals surface area contributed by atoms with Crippen LogP contribution in [0.5, 0.6) is 11.8 Å². The lowest BCUT2D eigenvalue weighted by Gasteiger charge is -2.10. The predicted octanol–water partition coefficient (Wildman–Crippen LogP) is 8.19. The highest BCUT2D eigenvalue weighted by Gasteiger charge is 2.15. The smallest absolute Gasteiger partial charge is 0.375 e. The number of ether oxygens (including phenoxy) is 2. The van der Waals surface area contributed by atoms with Gasteiger partial charge in [-0.2, -0.15) is 0 Å². The highest BCUT2D eigenvalue weighted by molar-refractivity contribution is 5.66. The van der Waals surface area contributed by atoms with Crippen molar-refractivity contribution >= 4 is 6.16 Å². The third-order valence-electron chi connectivity index (χ3n) is 5.50. The van der Waals surface area contributed by atoms with E-state index < -0.39 is 6.16 Å². The molecule has 0 aliphatic heterocycles. The van der Waals surface area contributed by atoms with Gasteiger partial charge in [-0.1, -0.05) is 76.0 Å². The molecule has 5 heteroatoms. The van der Waals surface area contributed by atoms with Crippen molar-refractivity contribution in [2.45, 2.75) is 90.9 Å². The molecule has 0 aliphatic rings. The molecule has 0 saturated heterocycles. The second-order valence-electron chi connectivity index (χ2n) is 8.40. The number of nitrogens with zero attached hydrogens (tertiary/aromatic N) is 2. The van der Waals surface area contributed by atoms with Crippen LogP contribution in [0.3, 0.4) is 0 Å². The van der Waals surface area contributed by atoms with E-state index in [2.05, 4.69) is 48.1 Å². The summed E-state index contributed by atoms with van der Waals surface area (Å²) in [7, 11) is 0. The average molecular weight is 465 g/mol. The van der Waals surface area contributed by atoms with Gasteiger partial charge < -0.3 is 9.47 Å². The van der Waals surface area contributed by atoms with Crippen LogP contribution in [-0.2, 0) is 12.8 Å². The van der Waals surface area contributed by atoms with E-state index in [1.165, 1.54) is 38.5 Å². The first-order valence-corrected chi connectivity index (χ1v) is 12.8. The second-order valence-corrected chi connectivity index (χ2v) is 8.40. The van der Waals surface area contributed by atoms with Gasteiger partial charge in [-0.3, -0.25) is 0 Å². The molecule has 2 aromatic rings. The molecule has 5 nitrogen and oxygen atoms in total. The highest BCUT2D eigenvalue weighted by Crippen LogP contribution is 2.20. The van der Waals surface area contributed by atoms with Crippen molar-refractivity contribution in [1.82, 2.24) is 9.97 Å². The minimum Gasteiger partial charge on any atom is -0.375 e. The Bertz CT molecular complexity index is 821. The summed E-state index contributed by atoms with van der Waals surface area (Å²) < 4.78 is 10.9. The number of hydrogen-bond acceptors (Lipinski definition) is 5. The van der Waals surface area contributed by atoms with Crippen molar-refractivity contribution in [2.24, 2.45) is 0 Å². The van der Waals surface area contributed by atoms with Gasteiger partial charge in [0.1, 0.15) is 0 Å². The van der Waals surface area contributed by atoms with Crippen molar-refractivity contribution in [3.8, 4) is 11.8 Å². The number of hydrogen-bond donors (Lipinski definition) is 0. The quantitative estimate of drug-likeness (QED) is 0.142. The molecular weight excluding hydrogens is 424 g/mol. The Balaban J connectivity index is 1.86. The third kappa shape index (κ3) is 11.3. The normalized spacial score (nSPS) is 11.4. The summed E-state index contributed by atoms with van der Waals surface area (Å²) in [5, 5.41) is 0. The van der Waals surface area contributed by atoms with Gasteiger partial charge in [-0.15, -0.1) is 0 Å². The minimum absolute atomic E-state index is 0.291. The average Bonchev–Trinajstić information content (AvgIpc) is 2.85. The second kappa shape index (κ2) is 17.5. The summed E-state index contributed by atoms with van der Waals surface area (Å²) in [6, 6.07) is 7.56. The first kappa shape index (κ1) is 27.3. The molecule has 0 radical (unpaired) electrons. The van der Waals surface area contributed by atoms with Crippen LogP contribution in [0.1, 0.15) is 89.2 Å². The molecule has 0 bridgehead atoms. The SMILES string of the molecule is CCCCC/C=C/CCc1cccnc1OC(=O)Oc1ncccc1CC/C=C/CCCCC. The van der Waals surface area contributed by atoms with E-state index in [4.69, 9.17) is 9.47 Å². The number of carbonyl (C=O) groups is 1. The van der Waals surface area contributed by atoms with Gasteiger partial charge in [0.05, 0.1) is 0 Å². The molecule has 0 atom stereocenters. The number of aryl methyl sites for hydroxylation is 2. The Kier molecular flexibility index (Phi) is 14.1. The third-order valence-corrected chi connectivity index (χ3v) is 5.50. The molecule has 0 aromatic carbocycles. The molecule has 0 aliphatic carbocycles. The molecule has 0 unspecified atom stereocenters. The zero-order chi connectivity index (χ0) is 24.3. The van der Waals surface area contributed by atoms with Crippen LogP contribution in [0.15, 0.2) is 61.0 Å². The lowest BCUT2D eigenvalue weighted by atomic mass is 10.1. The molecule has 0 amide bonds. The maximum Gasteiger partial charge on any atom is 0.522 e. The standard InChI is InChI=1S/C29H40N2O3/c1-3-5-7-9-11-13-15-19-25-21-17-23-30-27(25)33-29(32)34-28-26(22-18-24-31-28)20-16-14-12-10-8-6-4-2/h11-14,17-18,21-24H,3-10,15-16,19-20H2,1-2H3/b13-11+,14-12+. The van der Waals surface area contributed by atoms with E-state index >= 15 is 0 Å². The van der Waals surface area contributed by atoms with Crippen LogP contribution in [0.25, 0.3) is 0 Å². The highest BCUT2D eigenvalue weighted by atomic mass is 16.7. The lowest BCUT2D eigenvalue weighted by molar-refractivity contribution is 0.147. The number of pyridine rings is 2. The van der Waals surface area contributed by atoms with Crippen LogP contribution in [-0.4, -0.2) is 16.1 Å².